The average molecular weight is 460 g/mol. The minimum atomic E-state index is -3.43. The molecule has 30 heavy (non-hydrogen) atoms. The Labute approximate surface area is 180 Å². The van der Waals surface area contributed by atoms with Gasteiger partial charge in [0.15, 0.2) is 0 Å². The first-order chi connectivity index (χ1) is 14.0. The van der Waals surface area contributed by atoms with Gasteiger partial charge in [0.2, 0.25) is 26.0 Å². The van der Waals surface area contributed by atoms with E-state index in [0.717, 1.165) is 18.4 Å². The van der Waals surface area contributed by atoms with Crippen LogP contribution in [0.1, 0.15) is 57.6 Å². The van der Waals surface area contributed by atoms with Crippen LogP contribution in [0.5, 0.6) is 0 Å². The molecule has 0 aliphatic carbocycles. The lowest BCUT2D eigenvalue weighted by Crippen LogP contribution is -2.52. The summed E-state index contributed by atoms with van der Waals surface area (Å²) < 4.78 is 52.9. The lowest BCUT2D eigenvalue weighted by molar-refractivity contribution is -0.125. The van der Waals surface area contributed by atoms with Crippen molar-refractivity contribution in [3.63, 3.8) is 0 Å². The third-order valence-electron chi connectivity index (χ3n) is 4.84. The van der Waals surface area contributed by atoms with E-state index in [9.17, 15) is 21.6 Å². The molecule has 1 aromatic rings. The summed E-state index contributed by atoms with van der Waals surface area (Å²) in [5.41, 5.74) is 1.47. The molecule has 170 valence electrons. The summed E-state index contributed by atoms with van der Waals surface area (Å²) in [4.78, 5) is 12.7. The predicted molar refractivity (Wildman–Crippen MR) is 118 cm³/mol. The normalized spacial score (nSPS) is 18.5. The van der Waals surface area contributed by atoms with Crippen molar-refractivity contribution in [1.29, 1.82) is 0 Å². The molecule has 1 saturated heterocycles. The van der Waals surface area contributed by atoms with Crippen molar-refractivity contribution < 1.29 is 21.6 Å². The highest BCUT2D eigenvalue weighted by Crippen LogP contribution is 2.21. The second-order valence-electron chi connectivity index (χ2n) is 8.00. The van der Waals surface area contributed by atoms with Crippen LogP contribution in [0.25, 0.3) is 0 Å². The highest BCUT2D eigenvalue weighted by molar-refractivity contribution is 7.89. The molecule has 2 rings (SSSR count). The summed E-state index contributed by atoms with van der Waals surface area (Å²) >= 11 is 0. The van der Waals surface area contributed by atoms with Gasteiger partial charge in [-0.2, -0.15) is 4.31 Å². The summed E-state index contributed by atoms with van der Waals surface area (Å²) in [6, 6.07) is 6.16. The van der Waals surface area contributed by atoms with Gasteiger partial charge >= 0.3 is 0 Å². The molecule has 0 radical (unpaired) electrons. The van der Waals surface area contributed by atoms with Gasteiger partial charge in [0.05, 0.1) is 11.5 Å². The summed E-state index contributed by atoms with van der Waals surface area (Å²) in [7, 11) is -6.83. The lowest BCUT2D eigenvalue weighted by Gasteiger charge is -2.33. The molecular weight excluding hydrogens is 426 g/mol. The zero-order valence-electron chi connectivity index (χ0n) is 17.9. The number of hydrogen-bond acceptors (Lipinski definition) is 5. The zero-order valence-corrected chi connectivity index (χ0v) is 19.6. The zero-order chi connectivity index (χ0) is 22.4. The van der Waals surface area contributed by atoms with Gasteiger partial charge in [0.25, 0.3) is 0 Å². The summed E-state index contributed by atoms with van der Waals surface area (Å²) in [6.07, 6.45) is 2.63. The van der Waals surface area contributed by atoms with Crippen LogP contribution in [0.15, 0.2) is 24.3 Å². The SMILES string of the molecule is CCCS(=O)(=O)N1CCCCC1C(=O)NCc1ccc(CS(=O)(=O)NC(C)C)cc1. The van der Waals surface area contributed by atoms with Crippen LogP contribution in [0.4, 0.5) is 0 Å². The number of carbonyl (C=O) groups excluding carboxylic acids is 1. The molecule has 8 nitrogen and oxygen atoms in total. The third-order valence-corrected chi connectivity index (χ3v) is 8.46. The molecule has 1 atom stereocenters. The van der Waals surface area contributed by atoms with Gasteiger partial charge in [-0.05, 0) is 44.2 Å². The maximum absolute atomic E-state index is 12.7. The van der Waals surface area contributed by atoms with Crippen molar-refractivity contribution in [1.82, 2.24) is 14.3 Å². The van der Waals surface area contributed by atoms with Crippen LogP contribution in [0.3, 0.4) is 0 Å². The van der Waals surface area contributed by atoms with Crippen LogP contribution in [0, 0.1) is 0 Å². The molecule has 1 aliphatic rings. The fourth-order valence-corrected chi connectivity index (χ4v) is 6.74. The van der Waals surface area contributed by atoms with E-state index in [-0.39, 0.29) is 30.0 Å². The second-order valence-corrected chi connectivity index (χ2v) is 11.8. The van der Waals surface area contributed by atoms with E-state index in [4.69, 9.17) is 0 Å². The van der Waals surface area contributed by atoms with E-state index in [2.05, 4.69) is 10.0 Å². The molecule has 0 spiro atoms. The molecule has 0 saturated carbocycles. The van der Waals surface area contributed by atoms with Gasteiger partial charge in [0.1, 0.15) is 6.04 Å². The first-order valence-electron chi connectivity index (χ1n) is 10.4. The number of sulfonamides is 2. The Morgan fingerprint density at radius 2 is 1.73 bits per heavy atom. The molecule has 0 bridgehead atoms. The number of hydrogen-bond donors (Lipinski definition) is 2. The highest BCUT2D eigenvalue weighted by Gasteiger charge is 2.35. The fourth-order valence-electron chi connectivity index (χ4n) is 3.56. The smallest absolute Gasteiger partial charge is 0.238 e. The van der Waals surface area contributed by atoms with Gasteiger partial charge < -0.3 is 5.32 Å². The molecule has 1 aliphatic heterocycles. The van der Waals surface area contributed by atoms with Crippen molar-refractivity contribution in [3.05, 3.63) is 35.4 Å². The number of piperidine rings is 1. The second kappa shape index (κ2) is 10.7. The maximum atomic E-state index is 12.7. The molecular formula is C20H33N3O5S2. The predicted octanol–water partition coefficient (Wildman–Crippen LogP) is 1.72. The quantitative estimate of drug-likeness (QED) is 0.553. The summed E-state index contributed by atoms with van der Waals surface area (Å²) in [5, 5.41) is 2.83. The van der Waals surface area contributed by atoms with Crippen LogP contribution in [0.2, 0.25) is 0 Å². The first kappa shape index (κ1) is 24.8. The molecule has 1 unspecified atom stereocenters. The maximum Gasteiger partial charge on any atom is 0.238 e. The van der Waals surface area contributed by atoms with Crippen molar-refractivity contribution in [2.24, 2.45) is 0 Å². The summed E-state index contributed by atoms with van der Waals surface area (Å²) in [5.74, 6) is -0.348. The van der Waals surface area contributed by atoms with Crippen LogP contribution in [-0.2, 0) is 37.1 Å². The average Bonchev–Trinajstić information content (AvgIpc) is 2.66. The van der Waals surface area contributed by atoms with E-state index in [1.807, 2.05) is 6.92 Å². The standard InChI is InChI=1S/C20H33N3O5S2/c1-4-13-30(27,28)23-12-6-5-7-19(23)20(24)21-14-17-8-10-18(11-9-17)15-29(25,26)22-16(2)3/h8-11,16,19,22H,4-7,12-15H2,1-3H3,(H,21,24). The third kappa shape index (κ3) is 7.33. The fraction of sp³-hybridized carbons (Fsp3) is 0.650. The van der Waals surface area contributed by atoms with Gasteiger partial charge in [-0.25, -0.2) is 21.6 Å². The molecule has 1 fully saturated rings. The Balaban J connectivity index is 1.97. The van der Waals surface area contributed by atoms with E-state index in [1.165, 1.54) is 4.31 Å². The molecule has 1 amide bonds. The monoisotopic (exact) mass is 459 g/mol. The number of nitrogens with one attached hydrogen (secondary N) is 2. The number of rotatable bonds is 10. The number of amides is 1. The highest BCUT2D eigenvalue weighted by atomic mass is 32.2. The Bertz CT molecular complexity index is 912. The molecule has 10 heteroatoms. The van der Waals surface area contributed by atoms with Crippen molar-refractivity contribution in [3.8, 4) is 0 Å². The van der Waals surface area contributed by atoms with E-state index >= 15 is 0 Å². The summed E-state index contributed by atoms with van der Waals surface area (Å²) in [6.45, 7) is 5.99. The topological polar surface area (TPSA) is 113 Å². The van der Waals surface area contributed by atoms with Gasteiger partial charge in [-0.3, -0.25) is 4.79 Å². The number of carbonyl (C=O) groups is 1. The van der Waals surface area contributed by atoms with Crippen LogP contribution < -0.4 is 10.0 Å². The Hall–Kier alpha value is -1.49. The number of benzene rings is 1. The minimum Gasteiger partial charge on any atom is -0.351 e. The van der Waals surface area contributed by atoms with Crippen molar-refractivity contribution >= 4 is 26.0 Å². The molecule has 0 aromatic heterocycles. The first-order valence-corrected chi connectivity index (χ1v) is 13.7. The Morgan fingerprint density at radius 3 is 2.33 bits per heavy atom. The lowest BCUT2D eigenvalue weighted by atomic mass is 10.0. The number of nitrogens with zero attached hydrogens (tertiary/aromatic N) is 1. The van der Waals surface area contributed by atoms with Crippen LogP contribution >= 0.6 is 0 Å². The Kier molecular flexibility index (Phi) is 8.84. The molecule has 2 N–H and O–H groups in total. The van der Waals surface area contributed by atoms with E-state index in [1.54, 1.807) is 38.1 Å². The largest absolute Gasteiger partial charge is 0.351 e. The molecule has 1 aromatic carbocycles. The minimum absolute atomic E-state index is 0.0484. The van der Waals surface area contributed by atoms with E-state index in [0.29, 0.717) is 24.9 Å². The van der Waals surface area contributed by atoms with Gasteiger partial charge in [-0.15, -0.1) is 0 Å². The van der Waals surface area contributed by atoms with E-state index < -0.39 is 26.1 Å². The van der Waals surface area contributed by atoms with Gasteiger partial charge in [-0.1, -0.05) is 37.6 Å². The van der Waals surface area contributed by atoms with Gasteiger partial charge in [0, 0.05) is 19.1 Å². The van der Waals surface area contributed by atoms with Crippen molar-refractivity contribution in [2.45, 2.75) is 70.8 Å². The Morgan fingerprint density at radius 1 is 1.10 bits per heavy atom. The van der Waals surface area contributed by atoms with Crippen molar-refractivity contribution in [2.75, 3.05) is 12.3 Å². The van der Waals surface area contributed by atoms with Crippen LogP contribution in [-0.4, -0.2) is 51.4 Å². The molecule has 1 heterocycles.